The minimum atomic E-state index is -0.735. The molecule has 4 aromatic rings. The van der Waals surface area contributed by atoms with Crippen molar-refractivity contribution >= 4 is 34.2 Å². The average molecular weight is 421 g/mol. The van der Waals surface area contributed by atoms with E-state index in [0.717, 1.165) is 11.1 Å². The number of halogens is 1. The van der Waals surface area contributed by atoms with Crippen molar-refractivity contribution in [2.24, 2.45) is 0 Å². The van der Waals surface area contributed by atoms with Gasteiger partial charge in [0.05, 0.1) is 17.8 Å². The molecule has 2 aromatic heterocycles. The molecule has 2 heterocycles. The summed E-state index contributed by atoms with van der Waals surface area (Å²) in [5.74, 6) is -1.37. The Balaban J connectivity index is 1.43. The second kappa shape index (κ2) is 8.34. The van der Waals surface area contributed by atoms with E-state index in [1.54, 1.807) is 42.5 Å². The van der Waals surface area contributed by atoms with E-state index in [9.17, 15) is 14.4 Å². The molecule has 0 fully saturated rings. The highest BCUT2D eigenvalue weighted by Gasteiger charge is 2.19. The van der Waals surface area contributed by atoms with E-state index in [-0.39, 0.29) is 18.6 Å². The molecule has 0 saturated heterocycles. The monoisotopic (exact) mass is 420 g/mol. The first-order valence-electron chi connectivity index (χ1n) is 9.26. The molecule has 30 heavy (non-hydrogen) atoms. The van der Waals surface area contributed by atoms with E-state index in [1.807, 2.05) is 12.1 Å². The Morgan fingerprint density at radius 2 is 1.80 bits per heavy atom. The summed E-state index contributed by atoms with van der Waals surface area (Å²) in [5, 5.41) is 8.18. The van der Waals surface area contributed by atoms with Crippen LogP contribution in [0, 0.1) is 0 Å². The number of amides is 1. The van der Waals surface area contributed by atoms with Gasteiger partial charge in [0.1, 0.15) is 0 Å². The summed E-state index contributed by atoms with van der Waals surface area (Å²) in [5.41, 5.74) is 2.20. The minimum Gasteiger partial charge on any atom is -0.360 e. The molecule has 0 aliphatic heterocycles. The zero-order valence-corrected chi connectivity index (χ0v) is 16.5. The summed E-state index contributed by atoms with van der Waals surface area (Å²) in [4.78, 5) is 39.8. The SMILES string of the molecule is O=C(NCCn1nc(-c2ccc(Cl)cc2)ccc1=O)C(=O)c1c[nH]c2ccccc12. The largest absolute Gasteiger partial charge is 0.360 e. The third-order valence-electron chi connectivity index (χ3n) is 4.66. The molecule has 8 heteroatoms. The van der Waals surface area contributed by atoms with Crippen LogP contribution in [0.25, 0.3) is 22.2 Å². The van der Waals surface area contributed by atoms with E-state index in [2.05, 4.69) is 15.4 Å². The Bertz CT molecular complexity index is 1290. The molecule has 7 nitrogen and oxygen atoms in total. The zero-order valence-electron chi connectivity index (χ0n) is 15.8. The van der Waals surface area contributed by atoms with Crippen LogP contribution in [0.3, 0.4) is 0 Å². The van der Waals surface area contributed by atoms with Crippen molar-refractivity contribution in [2.75, 3.05) is 6.54 Å². The molecule has 150 valence electrons. The first kappa shape index (κ1) is 19.6. The molecule has 0 saturated carbocycles. The van der Waals surface area contributed by atoms with Gasteiger partial charge in [-0.3, -0.25) is 14.4 Å². The maximum Gasteiger partial charge on any atom is 0.292 e. The van der Waals surface area contributed by atoms with Crippen LogP contribution in [-0.2, 0) is 11.3 Å². The van der Waals surface area contributed by atoms with Crippen LogP contribution < -0.4 is 10.9 Å². The fourth-order valence-corrected chi connectivity index (χ4v) is 3.25. The molecule has 0 aliphatic rings. The van der Waals surface area contributed by atoms with Crippen molar-refractivity contribution in [3.05, 3.63) is 87.8 Å². The lowest BCUT2D eigenvalue weighted by Gasteiger charge is -2.08. The number of H-pyrrole nitrogens is 1. The van der Waals surface area contributed by atoms with Gasteiger partial charge in [-0.15, -0.1) is 0 Å². The number of hydrogen-bond donors (Lipinski definition) is 2. The number of aromatic amines is 1. The molecule has 2 N–H and O–H groups in total. The van der Waals surface area contributed by atoms with Gasteiger partial charge in [0.15, 0.2) is 0 Å². The Morgan fingerprint density at radius 1 is 1.03 bits per heavy atom. The Kier molecular flexibility index (Phi) is 5.45. The van der Waals surface area contributed by atoms with Crippen LogP contribution in [0.4, 0.5) is 0 Å². The van der Waals surface area contributed by atoms with Gasteiger partial charge < -0.3 is 10.3 Å². The second-order valence-corrected chi connectivity index (χ2v) is 7.06. The lowest BCUT2D eigenvalue weighted by atomic mass is 10.1. The maximum atomic E-state index is 12.5. The third kappa shape index (κ3) is 4.01. The number of nitrogens with zero attached hydrogens (tertiary/aromatic N) is 2. The van der Waals surface area contributed by atoms with Crippen LogP contribution in [0.1, 0.15) is 10.4 Å². The standard InChI is InChI=1S/C22H17ClN4O3/c23-15-7-5-14(6-8-15)18-9-10-20(28)27(26-18)12-11-24-22(30)21(29)17-13-25-19-4-2-1-3-16(17)19/h1-10,13,25H,11-12H2,(H,24,30). The van der Waals surface area contributed by atoms with Gasteiger partial charge in [-0.1, -0.05) is 41.9 Å². The molecule has 0 spiro atoms. The number of carbonyl (C=O) groups is 2. The number of ketones is 1. The number of nitrogens with one attached hydrogen (secondary N) is 2. The van der Waals surface area contributed by atoms with Gasteiger partial charge in [-0.25, -0.2) is 4.68 Å². The number of Topliss-reactive ketones (excluding diaryl/α,β-unsaturated/α-hetero) is 1. The summed E-state index contributed by atoms with van der Waals surface area (Å²) in [6.45, 7) is 0.219. The predicted molar refractivity (Wildman–Crippen MR) is 115 cm³/mol. The smallest absolute Gasteiger partial charge is 0.292 e. The van der Waals surface area contributed by atoms with Gasteiger partial charge in [-0.2, -0.15) is 5.10 Å². The molecular weight excluding hydrogens is 404 g/mol. The first-order chi connectivity index (χ1) is 14.5. The normalized spacial score (nSPS) is 10.8. The first-order valence-corrected chi connectivity index (χ1v) is 9.63. The van der Waals surface area contributed by atoms with Crippen molar-refractivity contribution < 1.29 is 9.59 Å². The number of para-hydroxylation sites is 1. The van der Waals surface area contributed by atoms with Crippen LogP contribution in [0.15, 0.2) is 71.7 Å². The number of hydrogen-bond acceptors (Lipinski definition) is 4. The zero-order chi connectivity index (χ0) is 21.1. The second-order valence-electron chi connectivity index (χ2n) is 6.62. The number of benzene rings is 2. The highest BCUT2D eigenvalue weighted by molar-refractivity contribution is 6.44. The van der Waals surface area contributed by atoms with Gasteiger partial charge in [0.2, 0.25) is 0 Å². The summed E-state index contributed by atoms with van der Waals surface area (Å²) in [6.07, 6.45) is 1.52. The molecule has 0 bridgehead atoms. The Hall–Kier alpha value is -3.71. The van der Waals surface area contributed by atoms with E-state index >= 15 is 0 Å². The van der Waals surface area contributed by atoms with Gasteiger partial charge in [0.25, 0.3) is 17.2 Å². The quantitative estimate of drug-likeness (QED) is 0.370. The molecule has 0 unspecified atom stereocenters. The van der Waals surface area contributed by atoms with Gasteiger partial charge in [0, 0.05) is 40.3 Å². The van der Waals surface area contributed by atoms with Crippen LogP contribution in [0.2, 0.25) is 5.02 Å². The van der Waals surface area contributed by atoms with Crippen molar-refractivity contribution in [1.29, 1.82) is 0 Å². The Labute approximate surface area is 176 Å². The number of fused-ring (bicyclic) bond motifs is 1. The average Bonchev–Trinajstić information content (AvgIpc) is 3.19. The van der Waals surface area contributed by atoms with Crippen molar-refractivity contribution in [3.63, 3.8) is 0 Å². The molecule has 0 radical (unpaired) electrons. The number of aromatic nitrogens is 3. The third-order valence-corrected chi connectivity index (χ3v) is 4.91. The number of carbonyl (C=O) groups excluding carboxylic acids is 2. The number of rotatable bonds is 6. The molecule has 1 amide bonds. The Morgan fingerprint density at radius 3 is 2.60 bits per heavy atom. The van der Waals surface area contributed by atoms with E-state index in [4.69, 9.17) is 11.6 Å². The predicted octanol–water partition coefficient (Wildman–Crippen LogP) is 3.04. The molecular formula is C22H17ClN4O3. The van der Waals surface area contributed by atoms with Crippen molar-refractivity contribution in [3.8, 4) is 11.3 Å². The lowest BCUT2D eigenvalue weighted by Crippen LogP contribution is -2.35. The van der Waals surface area contributed by atoms with E-state index in [0.29, 0.717) is 21.7 Å². The summed E-state index contributed by atoms with van der Waals surface area (Å²) in [6, 6.07) is 17.4. The highest BCUT2D eigenvalue weighted by atomic mass is 35.5. The highest BCUT2D eigenvalue weighted by Crippen LogP contribution is 2.19. The van der Waals surface area contributed by atoms with E-state index < -0.39 is 11.7 Å². The van der Waals surface area contributed by atoms with Crippen molar-refractivity contribution in [1.82, 2.24) is 20.1 Å². The molecule has 4 rings (SSSR count). The fraction of sp³-hybridized carbons (Fsp3) is 0.0909. The van der Waals surface area contributed by atoms with Crippen molar-refractivity contribution in [2.45, 2.75) is 6.54 Å². The van der Waals surface area contributed by atoms with Gasteiger partial charge >= 0.3 is 0 Å². The molecule has 2 aromatic carbocycles. The van der Waals surface area contributed by atoms with Crippen LogP contribution >= 0.6 is 11.6 Å². The maximum absolute atomic E-state index is 12.5. The van der Waals surface area contributed by atoms with Crippen LogP contribution in [0.5, 0.6) is 0 Å². The minimum absolute atomic E-state index is 0.0872. The fourth-order valence-electron chi connectivity index (χ4n) is 3.12. The summed E-state index contributed by atoms with van der Waals surface area (Å²) in [7, 11) is 0. The van der Waals surface area contributed by atoms with E-state index in [1.165, 1.54) is 16.9 Å². The molecule has 0 aliphatic carbocycles. The lowest BCUT2D eigenvalue weighted by molar-refractivity contribution is -0.117. The van der Waals surface area contributed by atoms with Gasteiger partial charge in [-0.05, 0) is 24.3 Å². The summed E-state index contributed by atoms with van der Waals surface area (Å²) < 4.78 is 1.25. The topological polar surface area (TPSA) is 96.8 Å². The summed E-state index contributed by atoms with van der Waals surface area (Å²) >= 11 is 5.90. The van der Waals surface area contributed by atoms with Crippen LogP contribution in [-0.4, -0.2) is 33.0 Å². The molecule has 0 atom stereocenters.